The molecule has 0 unspecified atom stereocenters. The number of rotatable bonds is 7. The fraction of sp³-hybridized carbons (Fsp3) is 0.375. The third-order valence-corrected chi connectivity index (χ3v) is 3.70. The molecule has 1 saturated heterocycles. The van der Waals surface area contributed by atoms with E-state index in [0.717, 1.165) is 25.0 Å². The summed E-state index contributed by atoms with van der Waals surface area (Å²) >= 11 is 5.10. The molecule has 25 heavy (non-hydrogen) atoms. The molecule has 9 heteroatoms. The Labute approximate surface area is 147 Å². The maximum atomic E-state index is 13.0. The van der Waals surface area contributed by atoms with Crippen molar-refractivity contribution < 1.29 is 27.1 Å². The van der Waals surface area contributed by atoms with E-state index in [0.29, 0.717) is 12.1 Å². The monoisotopic (exact) mass is 376 g/mol. The summed E-state index contributed by atoms with van der Waals surface area (Å²) in [5.41, 5.74) is 0.512. The predicted octanol–water partition coefficient (Wildman–Crippen LogP) is 3.78. The molecule has 1 aromatic carbocycles. The third-order valence-electron chi connectivity index (χ3n) is 3.37. The maximum absolute atomic E-state index is 13.0. The summed E-state index contributed by atoms with van der Waals surface area (Å²) in [6, 6.07) is 5.14. The van der Waals surface area contributed by atoms with Gasteiger partial charge < -0.3 is 10.1 Å². The molecule has 1 fully saturated rings. The minimum Gasteiger partial charge on any atom is -0.428 e. The van der Waals surface area contributed by atoms with Crippen LogP contribution in [0.15, 0.2) is 30.0 Å². The zero-order valence-electron chi connectivity index (χ0n) is 13.3. The molecule has 1 N–H and O–H groups in total. The van der Waals surface area contributed by atoms with Crippen LogP contribution in [0.2, 0.25) is 0 Å². The van der Waals surface area contributed by atoms with Crippen molar-refractivity contribution in [1.29, 1.82) is 0 Å². The minimum absolute atomic E-state index is 0.180. The molecule has 0 atom stereocenters. The van der Waals surface area contributed by atoms with Gasteiger partial charge in [0, 0.05) is 6.54 Å². The predicted molar refractivity (Wildman–Crippen MR) is 88.4 cm³/mol. The SMILES string of the molecule is CCCCN1C(=O)/C(=C\c2cccc(OC(F)(F)C(F)F)c2)NC1=S. The van der Waals surface area contributed by atoms with Crippen LogP contribution >= 0.6 is 12.2 Å². The average Bonchev–Trinajstić information content (AvgIpc) is 2.79. The molecule has 136 valence electrons. The normalized spacial score (nSPS) is 16.7. The van der Waals surface area contributed by atoms with E-state index in [-0.39, 0.29) is 16.7 Å². The molecule has 0 radical (unpaired) electrons. The highest BCUT2D eigenvalue weighted by Gasteiger charge is 2.44. The first-order valence-electron chi connectivity index (χ1n) is 7.54. The van der Waals surface area contributed by atoms with Gasteiger partial charge in [-0.2, -0.15) is 17.6 Å². The number of carbonyl (C=O) groups is 1. The van der Waals surface area contributed by atoms with Gasteiger partial charge in [-0.1, -0.05) is 25.5 Å². The third kappa shape index (κ3) is 4.68. The van der Waals surface area contributed by atoms with Gasteiger partial charge in [0.2, 0.25) is 0 Å². The number of nitrogens with zero attached hydrogens (tertiary/aromatic N) is 1. The van der Waals surface area contributed by atoms with E-state index in [1.807, 2.05) is 6.92 Å². The van der Waals surface area contributed by atoms with Gasteiger partial charge in [0.15, 0.2) is 5.11 Å². The van der Waals surface area contributed by atoms with Gasteiger partial charge in [-0.15, -0.1) is 0 Å². The largest absolute Gasteiger partial charge is 0.461 e. The van der Waals surface area contributed by atoms with Crippen LogP contribution in [-0.2, 0) is 4.79 Å². The van der Waals surface area contributed by atoms with Crippen molar-refractivity contribution in [1.82, 2.24) is 10.2 Å². The van der Waals surface area contributed by atoms with Gasteiger partial charge in [-0.3, -0.25) is 9.69 Å². The lowest BCUT2D eigenvalue weighted by Crippen LogP contribution is -2.33. The number of unbranched alkanes of at least 4 members (excludes halogenated alkanes) is 1. The van der Waals surface area contributed by atoms with E-state index >= 15 is 0 Å². The van der Waals surface area contributed by atoms with E-state index < -0.39 is 18.3 Å². The van der Waals surface area contributed by atoms with Crippen LogP contribution < -0.4 is 10.1 Å². The van der Waals surface area contributed by atoms with Crippen LogP contribution in [0.3, 0.4) is 0 Å². The lowest BCUT2D eigenvalue weighted by molar-refractivity contribution is -0.253. The second-order valence-corrected chi connectivity index (χ2v) is 5.72. The number of hydrogen-bond donors (Lipinski definition) is 1. The summed E-state index contributed by atoms with van der Waals surface area (Å²) in [6.45, 7) is 2.46. The Hall–Kier alpha value is -2.16. The Morgan fingerprint density at radius 3 is 2.76 bits per heavy atom. The number of amides is 1. The smallest absolute Gasteiger partial charge is 0.428 e. The van der Waals surface area contributed by atoms with Crippen molar-refractivity contribution in [2.75, 3.05) is 6.54 Å². The number of hydrogen-bond acceptors (Lipinski definition) is 3. The maximum Gasteiger partial charge on any atom is 0.461 e. The molecule has 0 saturated carbocycles. The van der Waals surface area contributed by atoms with Crippen LogP contribution in [0, 0.1) is 0 Å². The van der Waals surface area contributed by atoms with Crippen LogP contribution in [0.25, 0.3) is 6.08 Å². The van der Waals surface area contributed by atoms with Crippen molar-refractivity contribution >= 4 is 29.3 Å². The van der Waals surface area contributed by atoms with Gasteiger partial charge >= 0.3 is 12.5 Å². The molecule has 0 bridgehead atoms. The molecule has 1 amide bonds. The Morgan fingerprint density at radius 2 is 2.12 bits per heavy atom. The van der Waals surface area contributed by atoms with Crippen LogP contribution in [0.4, 0.5) is 17.6 Å². The second kappa shape index (κ2) is 7.81. The number of halogens is 4. The van der Waals surface area contributed by atoms with Crippen molar-refractivity contribution in [3.63, 3.8) is 0 Å². The summed E-state index contributed by atoms with van der Waals surface area (Å²) in [6.07, 6.45) is -5.47. The second-order valence-electron chi connectivity index (χ2n) is 5.34. The van der Waals surface area contributed by atoms with E-state index in [1.54, 1.807) is 0 Å². The Bertz CT molecular complexity index is 694. The number of ether oxygens (including phenoxy) is 1. The van der Waals surface area contributed by atoms with Gasteiger partial charge in [-0.05, 0) is 42.4 Å². The first kappa shape index (κ1) is 19.2. The molecule has 1 heterocycles. The van der Waals surface area contributed by atoms with E-state index in [4.69, 9.17) is 12.2 Å². The lowest BCUT2D eigenvalue weighted by atomic mass is 10.2. The first-order chi connectivity index (χ1) is 11.7. The first-order valence-corrected chi connectivity index (χ1v) is 7.95. The number of alkyl halides is 4. The summed E-state index contributed by atoms with van der Waals surface area (Å²) in [7, 11) is 0. The molecule has 1 aliphatic rings. The fourth-order valence-corrected chi connectivity index (χ4v) is 2.41. The standard InChI is InChI=1S/C16H16F4N2O2S/c1-2-3-7-22-13(23)12(21-15(22)25)9-10-5-4-6-11(8-10)24-16(19,20)14(17)18/h4-6,8-9,14H,2-3,7H2,1H3,(H,21,25)/b12-9+. The summed E-state index contributed by atoms with van der Waals surface area (Å²) in [4.78, 5) is 13.7. The molecular formula is C16H16F4N2O2S. The highest BCUT2D eigenvalue weighted by atomic mass is 32.1. The zero-order chi connectivity index (χ0) is 18.6. The lowest BCUT2D eigenvalue weighted by Gasteiger charge is -2.16. The quantitative estimate of drug-likeness (QED) is 0.447. The van der Waals surface area contributed by atoms with Crippen molar-refractivity contribution in [3.8, 4) is 5.75 Å². The molecule has 1 aromatic rings. The van der Waals surface area contributed by atoms with E-state index in [9.17, 15) is 22.4 Å². The highest BCUT2D eigenvalue weighted by molar-refractivity contribution is 7.80. The molecule has 1 aliphatic heterocycles. The van der Waals surface area contributed by atoms with Gasteiger partial charge in [0.1, 0.15) is 11.4 Å². The summed E-state index contributed by atoms with van der Waals surface area (Å²) in [5, 5.41) is 3.02. The number of thiocarbonyl (C=S) groups is 1. The fourth-order valence-electron chi connectivity index (χ4n) is 2.13. The van der Waals surface area contributed by atoms with Gasteiger partial charge in [0.25, 0.3) is 5.91 Å². The van der Waals surface area contributed by atoms with Gasteiger partial charge in [-0.25, -0.2) is 0 Å². The van der Waals surface area contributed by atoms with Crippen LogP contribution in [0.5, 0.6) is 5.75 Å². The summed E-state index contributed by atoms with van der Waals surface area (Å²) in [5.74, 6) is -0.766. The topological polar surface area (TPSA) is 41.6 Å². The molecule has 4 nitrogen and oxygen atoms in total. The number of nitrogens with one attached hydrogen (secondary N) is 1. The van der Waals surface area contributed by atoms with Crippen LogP contribution in [-0.4, -0.2) is 35.0 Å². The highest BCUT2D eigenvalue weighted by Crippen LogP contribution is 2.28. The Morgan fingerprint density at radius 1 is 1.40 bits per heavy atom. The summed E-state index contributed by atoms with van der Waals surface area (Å²) < 4.78 is 54.4. The number of carbonyl (C=O) groups excluding carboxylic acids is 1. The minimum atomic E-state index is -4.59. The molecule has 0 aliphatic carbocycles. The average molecular weight is 376 g/mol. The van der Waals surface area contributed by atoms with Crippen molar-refractivity contribution in [3.05, 3.63) is 35.5 Å². The van der Waals surface area contributed by atoms with Crippen molar-refractivity contribution in [2.24, 2.45) is 0 Å². The molecule has 2 rings (SSSR count). The van der Waals surface area contributed by atoms with E-state index in [2.05, 4.69) is 10.1 Å². The molecule has 0 aromatic heterocycles. The van der Waals surface area contributed by atoms with Crippen LogP contribution in [0.1, 0.15) is 25.3 Å². The Kier molecular flexibility index (Phi) is 5.99. The molecular weight excluding hydrogens is 360 g/mol. The number of benzene rings is 1. The zero-order valence-corrected chi connectivity index (χ0v) is 14.1. The van der Waals surface area contributed by atoms with Gasteiger partial charge in [0.05, 0.1) is 0 Å². The Balaban J connectivity index is 2.17. The van der Waals surface area contributed by atoms with Crippen molar-refractivity contribution in [2.45, 2.75) is 32.3 Å². The molecule has 0 spiro atoms. The van der Waals surface area contributed by atoms with E-state index in [1.165, 1.54) is 23.1 Å².